The largest absolute Gasteiger partial charge is 0.366 e. The average Bonchev–Trinajstić information content (AvgIpc) is 2.64. The fraction of sp³-hybridized carbons (Fsp3) is 0.278. The van der Waals surface area contributed by atoms with E-state index in [1.54, 1.807) is 0 Å². The van der Waals surface area contributed by atoms with Gasteiger partial charge in [0.05, 0.1) is 5.56 Å². The molecule has 0 bridgehead atoms. The Morgan fingerprint density at radius 3 is 2.65 bits per heavy atom. The molecule has 1 saturated heterocycles. The smallest absolute Gasteiger partial charge is 0.270 e. The Morgan fingerprint density at radius 1 is 1.19 bits per heavy atom. The van der Waals surface area contributed by atoms with Crippen molar-refractivity contribution in [3.8, 4) is 0 Å². The zero-order valence-electron chi connectivity index (χ0n) is 13.8. The number of hydrogen-bond donors (Lipinski definition) is 3. The van der Waals surface area contributed by atoms with Gasteiger partial charge in [-0.05, 0) is 42.8 Å². The molecule has 6 nitrogen and oxygen atoms in total. The van der Waals surface area contributed by atoms with Crippen LogP contribution in [0, 0.1) is 11.6 Å². The number of benzene rings is 1. The minimum atomic E-state index is -0.908. The quantitative estimate of drug-likeness (QED) is 0.766. The maximum atomic E-state index is 13.6. The van der Waals surface area contributed by atoms with Gasteiger partial charge in [-0.25, -0.2) is 8.78 Å². The van der Waals surface area contributed by atoms with Crippen LogP contribution in [-0.4, -0.2) is 35.9 Å². The van der Waals surface area contributed by atoms with Gasteiger partial charge in [0, 0.05) is 24.7 Å². The molecule has 2 heterocycles. The van der Waals surface area contributed by atoms with E-state index >= 15 is 0 Å². The minimum absolute atomic E-state index is 0.143. The van der Waals surface area contributed by atoms with Gasteiger partial charge in [0.25, 0.3) is 5.91 Å². The number of nitrogens with zero attached hydrogens (tertiary/aromatic N) is 1. The van der Waals surface area contributed by atoms with E-state index in [0.29, 0.717) is 25.1 Å². The maximum absolute atomic E-state index is 13.6. The van der Waals surface area contributed by atoms with Crippen LogP contribution in [-0.2, 0) is 0 Å². The number of rotatable bonds is 4. The summed E-state index contributed by atoms with van der Waals surface area (Å²) in [5, 5.41) is 6.05. The lowest BCUT2D eigenvalue weighted by Gasteiger charge is -2.33. The van der Waals surface area contributed by atoms with Crippen molar-refractivity contribution in [2.45, 2.75) is 18.4 Å². The number of primary amides is 1. The Hall–Kier alpha value is -2.87. The summed E-state index contributed by atoms with van der Waals surface area (Å²) in [6, 6.07) is 6.33. The summed E-state index contributed by atoms with van der Waals surface area (Å²) < 4.78 is 26.8. The van der Waals surface area contributed by atoms with Crippen molar-refractivity contribution in [1.29, 1.82) is 0 Å². The van der Waals surface area contributed by atoms with Crippen LogP contribution in [0.15, 0.2) is 36.5 Å². The van der Waals surface area contributed by atoms with Gasteiger partial charge in [0.15, 0.2) is 11.6 Å². The molecule has 2 amide bonds. The molecule has 1 aromatic carbocycles. The van der Waals surface area contributed by atoms with E-state index in [0.717, 1.165) is 6.07 Å². The summed E-state index contributed by atoms with van der Waals surface area (Å²) in [4.78, 5) is 27.5. The number of carbonyl (C=O) groups excluding carboxylic acids is 2. The van der Waals surface area contributed by atoms with E-state index in [4.69, 9.17) is 5.73 Å². The van der Waals surface area contributed by atoms with Gasteiger partial charge in [-0.1, -0.05) is 6.07 Å². The van der Waals surface area contributed by atoms with Crippen LogP contribution in [0.2, 0.25) is 0 Å². The number of aromatic nitrogens is 1. The minimum Gasteiger partial charge on any atom is -0.366 e. The zero-order valence-corrected chi connectivity index (χ0v) is 13.8. The summed E-state index contributed by atoms with van der Waals surface area (Å²) >= 11 is 0. The van der Waals surface area contributed by atoms with Crippen LogP contribution >= 0.6 is 0 Å². The number of nitrogens with two attached hydrogens (primary N) is 1. The fourth-order valence-corrected chi connectivity index (χ4v) is 3.07. The van der Waals surface area contributed by atoms with Gasteiger partial charge in [-0.15, -0.1) is 0 Å². The van der Waals surface area contributed by atoms with Crippen LogP contribution in [0.5, 0.6) is 0 Å². The lowest BCUT2D eigenvalue weighted by Crippen LogP contribution is -2.50. The summed E-state index contributed by atoms with van der Waals surface area (Å²) in [5.74, 6) is -3.00. The second-order valence-corrected chi connectivity index (χ2v) is 6.15. The summed E-state index contributed by atoms with van der Waals surface area (Å²) in [5.41, 5.74) is 6.13. The Balaban J connectivity index is 1.76. The first kappa shape index (κ1) is 17.9. The van der Waals surface area contributed by atoms with Gasteiger partial charge >= 0.3 is 0 Å². The monoisotopic (exact) mass is 360 g/mol. The molecular formula is C18H18F2N4O2. The normalized spacial score (nSPS) is 19.8. The lowest BCUT2D eigenvalue weighted by atomic mass is 9.86. The van der Waals surface area contributed by atoms with Crippen LogP contribution < -0.4 is 16.4 Å². The highest BCUT2D eigenvalue weighted by Crippen LogP contribution is 2.27. The number of piperidine rings is 1. The first-order valence-electron chi connectivity index (χ1n) is 8.18. The average molecular weight is 360 g/mol. The van der Waals surface area contributed by atoms with Crippen LogP contribution in [0.3, 0.4) is 0 Å². The SMILES string of the molecule is NC(=O)c1ccc(C(=O)NC2CNCCC2c2ccc(F)c(F)c2)nc1. The molecule has 26 heavy (non-hydrogen) atoms. The third-order valence-electron chi connectivity index (χ3n) is 4.45. The molecule has 0 radical (unpaired) electrons. The van der Waals surface area contributed by atoms with Crippen molar-refractivity contribution in [2.24, 2.45) is 5.73 Å². The summed E-state index contributed by atoms with van der Waals surface area (Å²) in [6.07, 6.45) is 1.91. The molecule has 1 fully saturated rings. The first-order valence-corrected chi connectivity index (χ1v) is 8.18. The molecule has 0 saturated carbocycles. The van der Waals surface area contributed by atoms with Gasteiger partial charge in [0.1, 0.15) is 5.69 Å². The van der Waals surface area contributed by atoms with Crippen LogP contribution in [0.1, 0.15) is 38.7 Å². The molecule has 1 aliphatic heterocycles. The Morgan fingerprint density at radius 2 is 2.00 bits per heavy atom. The Bertz CT molecular complexity index is 826. The van der Waals surface area contributed by atoms with E-state index in [-0.39, 0.29) is 23.2 Å². The summed E-state index contributed by atoms with van der Waals surface area (Å²) in [7, 11) is 0. The number of nitrogens with one attached hydrogen (secondary N) is 2. The maximum Gasteiger partial charge on any atom is 0.270 e. The number of carbonyl (C=O) groups is 2. The number of halogens is 2. The van der Waals surface area contributed by atoms with Gasteiger partial charge in [-0.2, -0.15) is 0 Å². The third-order valence-corrected chi connectivity index (χ3v) is 4.45. The summed E-state index contributed by atoms with van der Waals surface area (Å²) in [6.45, 7) is 1.20. The number of amides is 2. The van der Waals surface area contributed by atoms with Crippen molar-refractivity contribution >= 4 is 11.8 Å². The van der Waals surface area contributed by atoms with Crippen molar-refractivity contribution in [3.05, 3.63) is 65.0 Å². The van der Waals surface area contributed by atoms with Crippen LogP contribution in [0.4, 0.5) is 8.78 Å². The zero-order chi connectivity index (χ0) is 18.7. The van der Waals surface area contributed by atoms with Gasteiger partial charge in [0.2, 0.25) is 5.91 Å². The predicted molar refractivity (Wildman–Crippen MR) is 90.6 cm³/mol. The predicted octanol–water partition coefficient (Wildman–Crippen LogP) is 1.33. The molecule has 8 heteroatoms. The molecule has 136 valence electrons. The van der Waals surface area contributed by atoms with Crippen molar-refractivity contribution in [1.82, 2.24) is 15.6 Å². The van der Waals surface area contributed by atoms with Gasteiger partial charge in [-0.3, -0.25) is 14.6 Å². The van der Waals surface area contributed by atoms with E-state index < -0.39 is 23.4 Å². The van der Waals surface area contributed by atoms with Crippen molar-refractivity contribution in [3.63, 3.8) is 0 Å². The van der Waals surface area contributed by atoms with Crippen molar-refractivity contribution in [2.75, 3.05) is 13.1 Å². The second-order valence-electron chi connectivity index (χ2n) is 6.15. The van der Waals surface area contributed by atoms with Crippen LogP contribution in [0.25, 0.3) is 0 Å². The molecule has 0 spiro atoms. The molecule has 4 N–H and O–H groups in total. The Labute approximate surface area is 148 Å². The van der Waals surface area contributed by atoms with Crippen molar-refractivity contribution < 1.29 is 18.4 Å². The lowest BCUT2D eigenvalue weighted by molar-refractivity contribution is 0.0917. The molecular weight excluding hydrogens is 342 g/mol. The highest BCUT2D eigenvalue weighted by molar-refractivity contribution is 5.95. The topological polar surface area (TPSA) is 97.1 Å². The molecule has 2 unspecified atom stereocenters. The molecule has 0 aliphatic carbocycles. The molecule has 2 atom stereocenters. The van der Waals surface area contributed by atoms with E-state index in [1.807, 2.05) is 0 Å². The van der Waals surface area contributed by atoms with E-state index in [2.05, 4.69) is 15.6 Å². The first-order chi connectivity index (χ1) is 12.5. The van der Waals surface area contributed by atoms with E-state index in [9.17, 15) is 18.4 Å². The second kappa shape index (κ2) is 7.57. The Kier molecular flexibility index (Phi) is 5.22. The highest BCUT2D eigenvalue weighted by atomic mass is 19.2. The molecule has 2 aromatic rings. The number of hydrogen-bond acceptors (Lipinski definition) is 4. The molecule has 3 rings (SSSR count). The molecule has 1 aliphatic rings. The standard InChI is InChI=1S/C18H18F2N4O2/c19-13-3-1-10(7-14(13)20)12-5-6-22-9-16(12)24-18(26)15-4-2-11(8-23-15)17(21)25/h1-4,7-8,12,16,22H,5-6,9H2,(H2,21,25)(H,24,26). The molecule has 1 aromatic heterocycles. The van der Waals surface area contributed by atoms with E-state index in [1.165, 1.54) is 30.5 Å². The highest BCUT2D eigenvalue weighted by Gasteiger charge is 2.29. The number of pyridine rings is 1. The third kappa shape index (κ3) is 3.85. The van der Waals surface area contributed by atoms with Gasteiger partial charge < -0.3 is 16.4 Å². The fourth-order valence-electron chi connectivity index (χ4n) is 3.07.